The SMILES string of the molecule is N[C@H](CCc1no[nH]c1=O)C(=O)O. The average Bonchev–Trinajstić information content (AvgIpc) is 2.47. The van der Waals surface area contributed by atoms with Crippen molar-refractivity contribution in [2.24, 2.45) is 5.73 Å². The Morgan fingerprint density at radius 3 is 2.92 bits per heavy atom. The van der Waals surface area contributed by atoms with Crippen LogP contribution in [0.4, 0.5) is 0 Å². The zero-order valence-electron chi connectivity index (χ0n) is 6.69. The quantitative estimate of drug-likeness (QED) is 0.538. The van der Waals surface area contributed by atoms with E-state index in [1.807, 2.05) is 5.16 Å². The van der Waals surface area contributed by atoms with Gasteiger partial charge in [0.2, 0.25) is 0 Å². The summed E-state index contributed by atoms with van der Waals surface area (Å²) in [5.41, 5.74) is 4.93. The highest BCUT2D eigenvalue weighted by molar-refractivity contribution is 5.72. The summed E-state index contributed by atoms with van der Waals surface area (Å²) in [5.74, 6) is -1.10. The minimum absolute atomic E-state index is 0.158. The zero-order chi connectivity index (χ0) is 9.84. The molecule has 0 spiro atoms. The Balaban J connectivity index is 2.48. The molecule has 0 bridgehead atoms. The third-order valence-corrected chi connectivity index (χ3v) is 1.57. The van der Waals surface area contributed by atoms with Gasteiger partial charge in [0.15, 0.2) is 5.69 Å². The Bertz CT molecular complexity index is 342. The first-order valence-corrected chi connectivity index (χ1v) is 3.63. The van der Waals surface area contributed by atoms with E-state index < -0.39 is 17.6 Å². The average molecular weight is 187 g/mol. The summed E-state index contributed by atoms with van der Waals surface area (Å²) in [4.78, 5) is 21.1. The second-order valence-corrected chi connectivity index (χ2v) is 2.54. The summed E-state index contributed by atoms with van der Waals surface area (Å²) in [5, 5.41) is 13.8. The summed E-state index contributed by atoms with van der Waals surface area (Å²) in [6.07, 6.45) is 0.351. The summed E-state index contributed by atoms with van der Waals surface area (Å²) < 4.78 is 4.26. The number of rotatable bonds is 4. The van der Waals surface area contributed by atoms with Gasteiger partial charge in [-0.1, -0.05) is 5.16 Å². The predicted molar refractivity (Wildman–Crippen MR) is 41.1 cm³/mol. The van der Waals surface area contributed by atoms with Crippen molar-refractivity contribution in [2.75, 3.05) is 0 Å². The number of aromatic nitrogens is 2. The van der Waals surface area contributed by atoms with Crippen LogP contribution in [-0.4, -0.2) is 27.4 Å². The molecule has 1 rings (SSSR count). The first kappa shape index (κ1) is 9.46. The van der Waals surface area contributed by atoms with Crippen LogP contribution in [0.15, 0.2) is 9.42 Å². The van der Waals surface area contributed by atoms with E-state index in [0.29, 0.717) is 0 Å². The topological polar surface area (TPSA) is 122 Å². The zero-order valence-corrected chi connectivity index (χ0v) is 6.69. The number of H-pyrrole nitrogens is 1. The number of hydrogen-bond donors (Lipinski definition) is 3. The molecule has 0 radical (unpaired) electrons. The molecule has 7 heteroatoms. The molecule has 72 valence electrons. The number of nitrogens with two attached hydrogens (primary N) is 1. The number of carboxylic acid groups (broad SMARTS) is 1. The fourth-order valence-electron chi connectivity index (χ4n) is 0.795. The van der Waals surface area contributed by atoms with Gasteiger partial charge in [-0.05, 0) is 6.42 Å². The van der Waals surface area contributed by atoms with Crippen LogP contribution in [0.1, 0.15) is 12.1 Å². The van der Waals surface area contributed by atoms with Crippen LogP contribution in [0.3, 0.4) is 0 Å². The molecular formula is C6H9N3O4. The van der Waals surface area contributed by atoms with Crippen LogP contribution in [-0.2, 0) is 11.2 Å². The van der Waals surface area contributed by atoms with Gasteiger partial charge in [-0.15, -0.1) is 0 Å². The lowest BCUT2D eigenvalue weighted by molar-refractivity contribution is -0.138. The first-order valence-electron chi connectivity index (χ1n) is 3.63. The Hall–Kier alpha value is -1.63. The molecule has 4 N–H and O–H groups in total. The van der Waals surface area contributed by atoms with Crippen molar-refractivity contribution in [1.29, 1.82) is 0 Å². The molecule has 0 saturated carbocycles. The number of hydrogen-bond acceptors (Lipinski definition) is 5. The van der Waals surface area contributed by atoms with E-state index in [4.69, 9.17) is 10.8 Å². The monoisotopic (exact) mass is 187 g/mol. The third-order valence-electron chi connectivity index (χ3n) is 1.57. The highest BCUT2D eigenvalue weighted by atomic mass is 16.6. The highest BCUT2D eigenvalue weighted by Gasteiger charge is 2.13. The van der Waals surface area contributed by atoms with Gasteiger partial charge in [0.25, 0.3) is 0 Å². The smallest absolute Gasteiger partial charge is 0.320 e. The second-order valence-electron chi connectivity index (χ2n) is 2.54. The first-order chi connectivity index (χ1) is 6.11. The van der Waals surface area contributed by atoms with Crippen LogP contribution >= 0.6 is 0 Å². The van der Waals surface area contributed by atoms with E-state index >= 15 is 0 Å². The number of aryl methyl sites for hydroxylation is 1. The molecule has 1 aromatic heterocycles. The van der Waals surface area contributed by atoms with E-state index in [9.17, 15) is 9.59 Å². The van der Waals surface area contributed by atoms with Gasteiger partial charge in [-0.25, -0.2) is 0 Å². The summed E-state index contributed by atoms with van der Waals surface area (Å²) in [6, 6.07) is -0.976. The van der Waals surface area contributed by atoms with Gasteiger partial charge in [-0.3, -0.25) is 14.2 Å². The largest absolute Gasteiger partial charge is 0.480 e. The van der Waals surface area contributed by atoms with Crippen molar-refractivity contribution in [3.8, 4) is 0 Å². The molecule has 1 aromatic rings. The fourth-order valence-corrected chi connectivity index (χ4v) is 0.795. The molecule has 1 heterocycles. The molecule has 0 aliphatic carbocycles. The fraction of sp³-hybridized carbons (Fsp3) is 0.500. The molecule has 13 heavy (non-hydrogen) atoms. The normalized spacial score (nSPS) is 12.7. The number of aliphatic carboxylic acids is 1. The van der Waals surface area contributed by atoms with Gasteiger partial charge < -0.3 is 10.8 Å². The van der Waals surface area contributed by atoms with Crippen molar-refractivity contribution in [1.82, 2.24) is 10.3 Å². The van der Waals surface area contributed by atoms with E-state index in [0.717, 1.165) is 0 Å². The molecule has 0 saturated heterocycles. The number of nitrogens with zero attached hydrogens (tertiary/aromatic N) is 1. The van der Waals surface area contributed by atoms with Crippen molar-refractivity contribution in [2.45, 2.75) is 18.9 Å². The minimum Gasteiger partial charge on any atom is -0.480 e. The molecular weight excluding hydrogens is 178 g/mol. The van der Waals surface area contributed by atoms with Gasteiger partial charge in [0, 0.05) is 6.42 Å². The lowest BCUT2D eigenvalue weighted by atomic mass is 10.1. The number of aromatic amines is 1. The Labute approximate surface area is 72.5 Å². The molecule has 0 fully saturated rings. The molecule has 0 aromatic carbocycles. The van der Waals surface area contributed by atoms with Gasteiger partial charge in [0.05, 0.1) is 0 Å². The molecule has 0 aliphatic heterocycles. The lowest BCUT2D eigenvalue weighted by Crippen LogP contribution is -2.31. The summed E-state index contributed by atoms with van der Waals surface area (Å²) in [6.45, 7) is 0. The van der Waals surface area contributed by atoms with E-state index in [2.05, 4.69) is 9.79 Å². The van der Waals surface area contributed by atoms with Crippen molar-refractivity contribution >= 4 is 5.97 Å². The number of nitrogens with one attached hydrogen (secondary N) is 1. The van der Waals surface area contributed by atoms with E-state index in [1.165, 1.54) is 0 Å². The van der Waals surface area contributed by atoms with Crippen LogP contribution < -0.4 is 11.3 Å². The number of carbonyl (C=O) groups is 1. The Morgan fingerprint density at radius 1 is 1.77 bits per heavy atom. The van der Waals surface area contributed by atoms with Crippen molar-refractivity contribution in [3.63, 3.8) is 0 Å². The van der Waals surface area contributed by atoms with Crippen molar-refractivity contribution < 1.29 is 14.5 Å². The highest BCUT2D eigenvalue weighted by Crippen LogP contribution is 1.95. The second kappa shape index (κ2) is 3.85. The maximum absolute atomic E-state index is 10.8. The van der Waals surface area contributed by atoms with Crippen LogP contribution in [0.2, 0.25) is 0 Å². The van der Waals surface area contributed by atoms with Crippen LogP contribution in [0.25, 0.3) is 0 Å². The lowest BCUT2D eigenvalue weighted by Gasteiger charge is -2.01. The van der Waals surface area contributed by atoms with Gasteiger partial charge in [0.1, 0.15) is 6.04 Å². The molecule has 0 amide bonds. The molecule has 1 atom stereocenters. The standard InChI is InChI=1S/C6H9N3O4/c7-3(6(11)12)1-2-4-5(10)9-13-8-4/h3H,1-2,7H2,(H,9,10)(H,11,12)/t3-/m1/s1. The summed E-state index contributed by atoms with van der Waals surface area (Å²) in [7, 11) is 0. The Morgan fingerprint density at radius 2 is 2.46 bits per heavy atom. The maximum atomic E-state index is 10.8. The summed E-state index contributed by atoms with van der Waals surface area (Å²) >= 11 is 0. The number of carboxylic acids is 1. The molecule has 0 unspecified atom stereocenters. The molecule has 7 nitrogen and oxygen atoms in total. The van der Waals surface area contributed by atoms with Gasteiger partial charge in [-0.2, -0.15) is 5.16 Å². The predicted octanol–water partition coefficient (Wildman–Crippen LogP) is -1.29. The van der Waals surface area contributed by atoms with Gasteiger partial charge >= 0.3 is 11.5 Å². The van der Waals surface area contributed by atoms with E-state index in [-0.39, 0.29) is 18.5 Å². The minimum atomic E-state index is -1.10. The molecule has 0 aliphatic rings. The Kier molecular flexibility index (Phi) is 2.80. The maximum Gasteiger partial charge on any atom is 0.320 e. The van der Waals surface area contributed by atoms with Crippen LogP contribution in [0, 0.1) is 0 Å². The van der Waals surface area contributed by atoms with Crippen molar-refractivity contribution in [3.05, 3.63) is 16.0 Å². The third kappa shape index (κ3) is 2.41. The van der Waals surface area contributed by atoms with Crippen LogP contribution in [0.5, 0.6) is 0 Å². The van der Waals surface area contributed by atoms with E-state index in [1.54, 1.807) is 0 Å².